The molecule has 3 rings (SSSR count). The van der Waals surface area contributed by atoms with Crippen LogP contribution in [0.3, 0.4) is 0 Å². The molecule has 3 nitrogen and oxygen atoms in total. The van der Waals surface area contributed by atoms with Gasteiger partial charge in [-0.05, 0) is 56.5 Å². The average Bonchev–Trinajstić information content (AvgIpc) is 3.04. The standard InChI is InChI=1S/C15H21ClN2O/c16-12-9-11(5-6-15(12)19)10-18-8-2-4-14(18)13-3-1-7-17-13/h5-6,9,13-14,17,19H,1-4,7-8,10H2. The molecule has 0 amide bonds. The Morgan fingerprint density at radius 1 is 1.32 bits per heavy atom. The summed E-state index contributed by atoms with van der Waals surface area (Å²) in [6, 6.07) is 6.87. The number of benzene rings is 1. The van der Waals surface area contributed by atoms with Gasteiger partial charge in [-0.25, -0.2) is 0 Å². The number of phenols is 1. The Labute approximate surface area is 119 Å². The molecule has 0 bridgehead atoms. The fraction of sp³-hybridized carbons (Fsp3) is 0.600. The minimum atomic E-state index is 0.167. The van der Waals surface area contributed by atoms with Crippen LogP contribution in [0.1, 0.15) is 31.2 Å². The highest BCUT2D eigenvalue weighted by Gasteiger charge is 2.32. The highest BCUT2D eigenvalue weighted by atomic mass is 35.5. The third-order valence-electron chi connectivity index (χ3n) is 4.37. The van der Waals surface area contributed by atoms with Crippen LogP contribution in [0.5, 0.6) is 5.75 Å². The van der Waals surface area contributed by atoms with E-state index in [1.165, 1.54) is 44.3 Å². The lowest BCUT2D eigenvalue weighted by Crippen LogP contribution is -2.43. The fourth-order valence-corrected chi connectivity index (χ4v) is 3.63. The lowest BCUT2D eigenvalue weighted by atomic mass is 10.0. The monoisotopic (exact) mass is 280 g/mol. The number of halogens is 1. The summed E-state index contributed by atoms with van der Waals surface area (Å²) in [6.45, 7) is 3.27. The zero-order chi connectivity index (χ0) is 13.2. The summed E-state index contributed by atoms with van der Waals surface area (Å²) in [4.78, 5) is 2.56. The molecule has 1 aromatic carbocycles. The van der Waals surface area contributed by atoms with Gasteiger partial charge in [-0.15, -0.1) is 0 Å². The predicted octanol–water partition coefficient (Wildman–Crippen LogP) is 2.76. The average molecular weight is 281 g/mol. The molecule has 2 heterocycles. The molecule has 2 N–H and O–H groups in total. The van der Waals surface area contributed by atoms with E-state index >= 15 is 0 Å². The molecule has 2 aliphatic heterocycles. The van der Waals surface area contributed by atoms with Gasteiger partial charge in [-0.3, -0.25) is 4.90 Å². The van der Waals surface area contributed by atoms with Crippen LogP contribution < -0.4 is 5.32 Å². The number of rotatable bonds is 3. The van der Waals surface area contributed by atoms with Crippen LogP contribution in [0, 0.1) is 0 Å². The van der Waals surface area contributed by atoms with E-state index in [9.17, 15) is 5.11 Å². The number of hydrogen-bond donors (Lipinski definition) is 2. The van der Waals surface area contributed by atoms with Crippen LogP contribution in [0.25, 0.3) is 0 Å². The Balaban J connectivity index is 1.69. The Morgan fingerprint density at radius 3 is 2.95 bits per heavy atom. The molecule has 2 aliphatic rings. The van der Waals surface area contributed by atoms with E-state index < -0.39 is 0 Å². The quantitative estimate of drug-likeness (QED) is 0.894. The van der Waals surface area contributed by atoms with Gasteiger partial charge < -0.3 is 10.4 Å². The number of likely N-dealkylation sites (tertiary alicyclic amines) is 1. The lowest BCUT2D eigenvalue weighted by Gasteiger charge is -2.29. The van der Waals surface area contributed by atoms with Crippen molar-refractivity contribution >= 4 is 11.6 Å². The van der Waals surface area contributed by atoms with E-state index in [1.807, 2.05) is 12.1 Å². The van der Waals surface area contributed by atoms with Crippen molar-refractivity contribution in [1.82, 2.24) is 10.2 Å². The van der Waals surface area contributed by atoms with Crippen molar-refractivity contribution in [3.63, 3.8) is 0 Å². The van der Waals surface area contributed by atoms with Gasteiger partial charge in [0.2, 0.25) is 0 Å². The number of nitrogens with zero attached hydrogens (tertiary/aromatic N) is 1. The molecule has 19 heavy (non-hydrogen) atoms. The highest BCUT2D eigenvalue weighted by molar-refractivity contribution is 6.32. The van der Waals surface area contributed by atoms with Crippen LogP contribution in [-0.2, 0) is 6.54 Å². The Morgan fingerprint density at radius 2 is 2.21 bits per heavy atom. The zero-order valence-electron chi connectivity index (χ0n) is 11.1. The minimum Gasteiger partial charge on any atom is -0.506 e. The minimum absolute atomic E-state index is 0.167. The summed E-state index contributed by atoms with van der Waals surface area (Å²) in [5.74, 6) is 0.167. The summed E-state index contributed by atoms with van der Waals surface area (Å²) in [6.07, 6.45) is 5.19. The van der Waals surface area contributed by atoms with Gasteiger partial charge in [0.25, 0.3) is 0 Å². The van der Waals surface area contributed by atoms with Crippen molar-refractivity contribution in [1.29, 1.82) is 0 Å². The topological polar surface area (TPSA) is 35.5 Å². The van der Waals surface area contributed by atoms with Crippen LogP contribution >= 0.6 is 11.6 Å². The molecule has 1 aromatic rings. The summed E-state index contributed by atoms with van der Waals surface area (Å²) < 4.78 is 0. The smallest absolute Gasteiger partial charge is 0.134 e. The van der Waals surface area contributed by atoms with Crippen molar-refractivity contribution in [2.45, 2.75) is 44.3 Å². The second kappa shape index (κ2) is 5.70. The molecule has 2 fully saturated rings. The maximum Gasteiger partial charge on any atom is 0.134 e. The van der Waals surface area contributed by atoms with Crippen LogP contribution in [0.15, 0.2) is 18.2 Å². The van der Waals surface area contributed by atoms with Crippen molar-refractivity contribution in [3.8, 4) is 5.75 Å². The molecule has 4 heteroatoms. The van der Waals surface area contributed by atoms with Crippen molar-refractivity contribution < 1.29 is 5.11 Å². The number of aromatic hydroxyl groups is 1. The van der Waals surface area contributed by atoms with E-state index in [0.717, 1.165) is 6.54 Å². The number of hydrogen-bond acceptors (Lipinski definition) is 3. The van der Waals surface area contributed by atoms with E-state index in [0.29, 0.717) is 17.1 Å². The van der Waals surface area contributed by atoms with Crippen LogP contribution in [0.4, 0.5) is 0 Å². The van der Waals surface area contributed by atoms with Crippen molar-refractivity contribution in [2.24, 2.45) is 0 Å². The van der Waals surface area contributed by atoms with Gasteiger partial charge >= 0.3 is 0 Å². The number of phenolic OH excluding ortho intramolecular Hbond substituents is 1. The van der Waals surface area contributed by atoms with E-state index in [-0.39, 0.29) is 5.75 Å². The Hall–Kier alpha value is -0.770. The summed E-state index contributed by atoms with van der Waals surface area (Å²) >= 11 is 5.98. The summed E-state index contributed by atoms with van der Waals surface area (Å²) in [7, 11) is 0. The molecule has 0 aliphatic carbocycles. The molecule has 104 valence electrons. The largest absolute Gasteiger partial charge is 0.506 e. The van der Waals surface area contributed by atoms with E-state index in [4.69, 9.17) is 11.6 Å². The van der Waals surface area contributed by atoms with Crippen molar-refractivity contribution in [2.75, 3.05) is 13.1 Å². The first-order valence-corrected chi connectivity index (χ1v) is 7.56. The molecule has 0 radical (unpaired) electrons. The van der Waals surface area contributed by atoms with Crippen LogP contribution in [-0.4, -0.2) is 35.2 Å². The Kier molecular flexibility index (Phi) is 3.96. The highest BCUT2D eigenvalue weighted by Crippen LogP contribution is 2.29. The van der Waals surface area contributed by atoms with Gasteiger partial charge in [-0.2, -0.15) is 0 Å². The predicted molar refractivity (Wildman–Crippen MR) is 77.6 cm³/mol. The third-order valence-corrected chi connectivity index (χ3v) is 4.68. The van der Waals surface area contributed by atoms with Gasteiger partial charge in [0.1, 0.15) is 5.75 Å². The molecule has 2 atom stereocenters. The molecule has 0 saturated carbocycles. The van der Waals surface area contributed by atoms with E-state index in [1.54, 1.807) is 6.07 Å². The molecule has 0 aromatic heterocycles. The van der Waals surface area contributed by atoms with Gasteiger partial charge in [-0.1, -0.05) is 17.7 Å². The van der Waals surface area contributed by atoms with E-state index in [2.05, 4.69) is 10.2 Å². The van der Waals surface area contributed by atoms with Gasteiger partial charge in [0.15, 0.2) is 0 Å². The first-order chi connectivity index (χ1) is 9.24. The maximum absolute atomic E-state index is 9.47. The summed E-state index contributed by atoms with van der Waals surface area (Å²) in [5.41, 5.74) is 1.19. The normalized spacial score (nSPS) is 28.1. The molecular weight excluding hydrogens is 260 g/mol. The SMILES string of the molecule is Oc1ccc(CN2CCCC2C2CCCN2)cc1Cl. The maximum atomic E-state index is 9.47. The van der Waals surface area contributed by atoms with Gasteiger partial charge in [0.05, 0.1) is 5.02 Å². The number of nitrogens with one attached hydrogen (secondary N) is 1. The first-order valence-electron chi connectivity index (χ1n) is 7.19. The first kappa shape index (κ1) is 13.2. The summed E-state index contributed by atoms with van der Waals surface area (Å²) in [5, 5.41) is 13.6. The molecular formula is C15H21ClN2O. The zero-order valence-corrected chi connectivity index (χ0v) is 11.9. The molecule has 0 spiro atoms. The van der Waals surface area contributed by atoms with Gasteiger partial charge in [0, 0.05) is 18.6 Å². The fourth-order valence-electron chi connectivity index (χ4n) is 3.43. The lowest BCUT2D eigenvalue weighted by molar-refractivity contribution is 0.206. The Bertz CT molecular complexity index is 446. The third kappa shape index (κ3) is 2.88. The van der Waals surface area contributed by atoms with Crippen LogP contribution in [0.2, 0.25) is 5.02 Å². The second-order valence-electron chi connectivity index (χ2n) is 5.67. The molecule has 2 saturated heterocycles. The second-order valence-corrected chi connectivity index (χ2v) is 6.08. The molecule has 2 unspecified atom stereocenters. The van der Waals surface area contributed by atoms with Crippen molar-refractivity contribution in [3.05, 3.63) is 28.8 Å².